The molecule has 1 saturated heterocycles. The molecule has 3 heterocycles. The van der Waals surface area contributed by atoms with E-state index in [1.165, 1.54) is 4.88 Å². The van der Waals surface area contributed by atoms with Gasteiger partial charge in [-0.3, -0.25) is 9.69 Å². The minimum Gasteiger partial charge on any atom is -0.354 e. The van der Waals surface area contributed by atoms with Gasteiger partial charge in [-0.2, -0.15) is 0 Å². The number of rotatable bonds is 4. The van der Waals surface area contributed by atoms with Crippen molar-refractivity contribution in [1.29, 1.82) is 0 Å². The molecule has 5 heteroatoms. The number of Topliss-reactive ketones (excluding diaryl/α,β-unsaturated/α-hetero) is 1. The fourth-order valence-corrected chi connectivity index (χ4v) is 4.67. The summed E-state index contributed by atoms with van der Waals surface area (Å²) in [5, 5.41) is 2.06. The second kappa shape index (κ2) is 7.03. The number of hydrogen-bond acceptors (Lipinski definition) is 5. The molecule has 1 atom stereocenters. The summed E-state index contributed by atoms with van der Waals surface area (Å²) in [6.07, 6.45) is 4.96. The molecule has 4 rings (SSSR count). The van der Waals surface area contributed by atoms with Crippen molar-refractivity contribution in [3.63, 3.8) is 0 Å². The molecule has 1 unspecified atom stereocenters. The van der Waals surface area contributed by atoms with Crippen LogP contribution >= 0.6 is 11.3 Å². The Bertz CT molecular complexity index is 692. The van der Waals surface area contributed by atoms with E-state index in [2.05, 4.69) is 26.2 Å². The Balaban J connectivity index is 1.27. The summed E-state index contributed by atoms with van der Waals surface area (Å²) in [5.41, 5.74) is 0.997. The van der Waals surface area contributed by atoms with Gasteiger partial charge in [-0.15, -0.1) is 11.3 Å². The lowest BCUT2D eigenvalue weighted by Crippen LogP contribution is -2.47. The lowest BCUT2D eigenvalue weighted by molar-refractivity contribution is 0.0883. The van der Waals surface area contributed by atoms with Crippen LogP contribution in [-0.4, -0.2) is 48.4 Å². The summed E-state index contributed by atoms with van der Waals surface area (Å²) in [6.45, 7) is 5.18. The summed E-state index contributed by atoms with van der Waals surface area (Å²) < 4.78 is 0. The van der Waals surface area contributed by atoms with E-state index in [0.717, 1.165) is 63.4 Å². The number of carbonyl (C=O) groups is 1. The normalized spacial score (nSPS) is 21.8. The van der Waals surface area contributed by atoms with Crippen molar-refractivity contribution in [2.24, 2.45) is 5.92 Å². The maximum Gasteiger partial charge on any atom is 0.167 e. The third-order valence-electron chi connectivity index (χ3n) is 5.24. The maximum atomic E-state index is 12.6. The third kappa shape index (κ3) is 3.23. The molecule has 0 bridgehead atoms. The van der Waals surface area contributed by atoms with E-state index < -0.39 is 0 Å². The van der Waals surface area contributed by atoms with E-state index in [-0.39, 0.29) is 5.92 Å². The third-order valence-corrected chi connectivity index (χ3v) is 6.22. The van der Waals surface area contributed by atoms with Crippen LogP contribution in [0.2, 0.25) is 0 Å². The zero-order valence-corrected chi connectivity index (χ0v) is 14.7. The Morgan fingerprint density at radius 3 is 2.83 bits per heavy atom. The predicted octanol–water partition coefficient (Wildman–Crippen LogP) is 3.10. The van der Waals surface area contributed by atoms with Gasteiger partial charge < -0.3 is 4.90 Å². The van der Waals surface area contributed by atoms with Crippen LogP contribution in [0.15, 0.2) is 35.8 Å². The van der Waals surface area contributed by atoms with Crippen molar-refractivity contribution in [3.8, 4) is 0 Å². The Kier molecular flexibility index (Phi) is 4.63. The van der Waals surface area contributed by atoms with Gasteiger partial charge in [0.05, 0.1) is 0 Å². The van der Waals surface area contributed by atoms with E-state index in [4.69, 9.17) is 0 Å². The van der Waals surface area contributed by atoms with Crippen LogP contribution in [0.4, 0.5) is 5.82 Å². The van der Waals surface area contributed by atoms with Gasteiger partial charge in [-0.25, -0.2) is 4.98 Å². The van der Waals surface area contributed by atoms with Gasteiger partial charge in [0, 0.05) is 48.7 Å². The molecule has 0 amide bonds. The molecule has 4 nitrogen and oxygen atoms in total. The quantitative estimate of drug-likeness (QED) is 0.856. The first kappa shape index (κ1) is 15.8. The van der Waals surface area contributed by atoms with Crippen LogP contribution in [0.1, 0.15) is 28.1 Å². The second-order valence-corrected chi connectivity index (χ2v) is 7.66. The molecule has 2 aromatic rings. The van der Waals surface area contributed by atoms with Crippen molar-refractivity contribution in [2.75, 3.05) is 37.6 Å². The number of anilines is 1. The summed E-state index contributed by atoms with van der Waals surface area (Å²) >= 11 is 1.73. The van der Waals surface area contributed by atoms with Gasteiger partial charge >= 0.3 is 0 Å². The fraction of sp³-hybridized carbons (Fsp3) is 0.474. The van der Waals surface area contributed by atoms with Crippen molar-refractivity contribution < 1.29 is 4.79 Å². The van der Waals surface area contributed by atoms with Crippen LogP contribution in [-0.2, 0) is 6.42 Å². The molecule has 2 aromatic heterocycles. The Hall–Kier alpha value is -1.72. The van der Waals surface area contributed by atoms with Crippen LogP contribution < -0.4 is 4.90 Å². The van der Waals surface area contributed by atoms with Crippen molar-refractivity contribution >= 4 is 22.9 Å². The molecule has 0 spiro atoms. The zero-order valence-electron chi connectivity index (χ0n) is 13.9. The van der Waals surface area contributed by atoms with E-state index in [9.17, 15) is 4.79 Å². The minimum absolute atomic E-state index is 0.223. The number of piperazine rings is 1. The number of aromatic nitrogens is 1. The standard InChI is InChI=1S/C19H23N3OS/c23-19-15(4-5-17-16(19)7-14-24-17)6-9-21-10-12-22(13-11-21)18-3-1-2-8-20-18/h1-3,7-8,14-15H,4-6,9-13H2. The van der Waals surface area contributed by atoms with Gasteiger partial charge in [0.2, 0.25) is 0 Å². The number of hydrogen-bond donors (Lipinski definition) is 0. The molecule has 0 radical (unpaired) electrons. The Morgan fingerprint density at radius 2 is 2.04 bits per heavy atom. The van der Waals surface area contributed by atoms with E-state index in [1.807, 2.05) is 24.4 Å². The van der Waals surface area contributed by atoms with Crippen LogP contribution in [0, 0.1) is 5.92 Å². The molecule has 1 aliphatic heterocycles. The molecule has 1 aliphatic carbocycles. The minimum atomic E-state index is 0.223. The second-order valence-electron chi connectivity index (χ2n) is 6.66. The highest BCUT2D eigenvalue weighted by Crippen LogP contribution is 2.31. The van der Waals surface area contributed by atoms with Crippen molar-refractivity contribution in [1.82, 2.24) is 9.88 Å². The first-order valence-electron chi connectivity index (χ1n) is 8.80. The monoisotopic (exact) mass is 341 g/mol. The molecule has 24 heavy (non-hydrogen) atoms. The number of nitrogens with zero attached hydrogens (tertiary/aromatic N) is 3. The lowest BCUT2D eigenvalue weighted by Gasteiger charge is -2.36. The summed E-state index contributed by atoms with van der Waals surface area (Å²) in [5.74, 6) is 1.68. The van der Waals surface area contributed by atoms with Crippen molar-refractivity contribution in [2.45, 2.75) is 19.3 Å². The molecule has 1 fully saturated rings. The molecule has 0 N–H and O–H groups in total. The average molecular weight is 341 g/mol. The first-order chi connectivity index (χ1) is 11.8. The van der Waals surface area contributed by atoms with Gasteiger partial charge in [0.1, 0.15) is 5.82 Å². The van der Waals surface area contributed by atoms with Gasteiger partial charge in [0.25, 0.3) is 0 Å². The predicted molar refractivity (Wildman–Crippen MR) is 98.0 cm³/mol. The van der Waals surface area contributed by atoms with Crippen LogP contribution in [0.25, 0.3) is 0 Å². The fourth-order valence-electron chi connectivity index (χ4n) is 3.77. The van der Waals surface area contributed by atoms with Crippen LogP contribution in [0.3, 0.4) is 0 Å². The van der Waals surface area contributed by atoms with Gasteiger partial charge in [0.15, 0.2) is 5.78 Å². The van der Waals surface area contributed by atoms with E-state index in [1.54, 1.807) is 11.3 Å². The topological polar surface area (TPSA) is 36.4 Å². The smallest absolute Gasteiger partial charge is 0.167 e. The molecule has 0 aromatic carbocycles. The van der Waals surface area contributed by atoms with Gasteiger partial charge in [-0.05, 0) is 49.4 Å². The molecule has 0 saturated carbocycles. The number of pyridine rings is 1. The average Bonchev–Trinajstić information content (AvgIpc) is 3.12. The molecular weight excluding hydrogens is 318 g/mol. The highest BCUT2D eigenvalue weighted by Gasteiger charge is 2.28. The van der Waals surface area contributed by atoms with Crippen LogP contribution in [0.5, 0.6) is 0 Å². The molecular formula is C19H23N3OS. The highest BCUT2D eigenvalue weighted by atomic mass is 32.1. The molecule has 2 aliphatic rings. The zero-order chi connectivity index (χ0) is 16.4. The van der Waals surface area contributed by atoms with E-state index in [0.29, 0.717) is 5.78 Å². The maximum absolute atomic E-state index is 12.6. The first-order valence-corrected chi connectivity index (χ1v) is 9.68. The number of thiophene rings is 1. The summed E-state index contributed by atoms with van der Waals surface area (Å²) in [6, 6.07) is 8.09. The number of aryl methyl sites for hydroxylation is 1. The SMILES string of the molecule is O=C1c2ccsc2CCC1CCN1CCN(c2ccccn2)CC1. The van der Waals surface area contributed by atoms with Crippen molar-refractivity contribution in [3.05, 3.63) is 46.3 Å². The molecule has 126 valence electrons. The van der Waals surface area contributed by atoms with Gasteiger partial charge in [-0.1, -0.05) is 6.07 Å². The summed E-state index contributed by atoms with van der Waals surface area (Å²) in [7, 11) is 0. The number of ketones is 1. The Morgan fingerprint density at radius 1 is 1.17 bits per heavy atom. The summed E-state index contributed by atoms with van der Waals surface area (Å²) in [4.78, 5) is 23.1. The Labute approximate surface area is 147 Å². The largest absolute Gasteiger partial charge is 0.354 e. The van der Waals surface area contributed by atoms with E-state index >= 15 is 0 Å². The number of fused-ring (bicyclic) bond motifs is 1. The lowest BCUT2D eigenvalue weighted by atomic mass is 9.85. The highest BCUT2D eigenvalue weighted by molar-refractivity contribution is 7.10. The number of carbonyl (C=O) groups excluding carboxylic acids is 1.